The molecule has 0 heterocycles. The van der Waals surface area contributed by atoms with Crippen molar-refractivity contribution < 1.29 is 23.2 Å². The number of halogens is 2. The Kier molecular flexibility index (Phi) is 5.08. The van der Waals surface area contributed by atoms with Crippen LogP contribution >= 0.6 is 0 Å². The molecule has 0 aliphatic rings. The van der Waals surface area contributed by atoms with Gasteiger partial charge in [-0.15, -0.1) is 0 Å². The van der Waals surface area contributed by atoms with Crippen LogP contribution in [0.25, 0.3) is 0 Å². The number of nitriles is 1. The molecule has 0 saturated heterocycles. The first-order valence-electron chi connectivity index (χ1n) is 5.55. The quantitative estimate of drug-likeness (QED) is 0.470. The number of carbonyl (C=O) groups excluding carboxylic acids is 1. The fourth-order valence-electron chi connectivity index (χ4n) is 1.61. The minimum absolute atomic E-state index is 0.0740. The Morgan fingerprint density at radius 2 is 2.20 bits per heavy atom. The van der Waals surface area contributed by atoms with Gasteiger partial charge in [-0.25, -0.2) is 8.78 Å². The van der Waals surface area contributed by atoms with Crippen LogP contribution in [-0.4, -0.2) is 17.5 Å². The number of hydrogen-bond acceptors (Lipinski definition) is 5. The largest absolute Gasteiger partial charge is 0.466 e. The molecular weight excluding hydrogens is 274 g/mol. The maximum Gasteiger partial charge on any atom is 0.310 e. The second-order valence-corrected chi connectivity index (χ2v) is 3.72. The van der Waals surface area contributed by atoms with Gasteiger partial charge < -0.3 is 4.74 Å². The summed E-state index contributed by atoms with van der Waals surface area (Å²) in [5, 5.41) is 19.6. The minimum atomic E-state index is -2.97. The molecule has 0 aliphatic heterocycles. The highest BCUT2D eigenvalue weighted by atomic mass is 19.3. The van der Waals surface area contributed by atoms with Crippen molar-refractivity contribution in [2.45, 2.75) is 19.8 Å². The SMILES string of the molecule is CCOC(=O)Cc1cc(C(F)F)c(C#N)cc1[N+](=O)[O-]. The molecule has 0 fully saturated rings. The molecule has 1 aromatic rings. The van der Waals surface area contributed by atoms with E-state index in [0.29, 0.717) is 0 Å². The standard InChI is InChI=1S/C12H10F2N2O4/c1-2-20-11(17)5-7-3-9(12(13)14)8(6-15)4-10(7)16(18)19/h3-4,12H,2,5H2,1H3. The lowest BCUT2D eigenvalue weighted by molar-refractivity contribution is -0.385. The third-order valence-corrected chi connectivity index (χ3v) is 2.44. The van der Waals surface area contributed by atoms with Crippen LogP contribution in [0, 0.1) is 21.4 Å². The molecule has 0 aliphatic carbocycles. The summed E-state index contributed by atoms with van der Waals surface area (Å²) in [7, 11) is 0. The molecule has 0 spiro atoms. The number of rotatable bonds is 5. The molecule has 0 N–H and O–H groups in total. The van der Waals surface area contributed by atoms with Gasteiger partial charge in [0.1, 0.15) is 0 Å². The first kappa shape index (κ1) is 15.5. The van der Waals surface area contributed by atoms with E-state index in [-0.39, 0.29) is 12.2 Å². The van der Waals surface area contributed by atoms with Gasteiger partial charge in [0.25, 0.3) is 12.1 Å². The molecule has 0 aromatic heterocycles. The predicted molar refractivity (Wildman–Crippen MR) is 63.1 cm³/mol. The minimum Gasteiger partial charge on any atom is -0.466 e. The highest BCUT2D eigenvalue weighted by Crippen LogP contribution is 2.30. The first-order valence-corrected chi connectivity index (χ1v) is 5.55. The number of hydrogen-bond donors (Lipinski definition) is 0. The number of nitro groups is 1. The average Bonchev–Trinajstić information content (AvgIpc) is 2.37. The normalized spacial score (nSPS) is 10.2. The van der Waals surface area contributed by atoms with E-state index in [0.717, 1.165) is 12.1 Å². The monoisotopic (exact) mass is 284 g/mol. The highest BCUT2D eigenvalue weighted by Gasteiger charge is 2.24. The number of ether oxygens (including phenoxy) is 1. The van der Waals surface area contributed by atoms with Gasteiger partial charge in [0.2, 0.25) is 0 Å². The Bertz CT molecular complexity index is 582. The van der Waals surface area contributed by atoms with Crippen molar-refractivity contribution >= 4 is 11.7 Å². The summed E-state index contributed by atoms with van der Waals surface area (Å²) in [5.41, 5.74) is -1.89. The van der Waals surface area contributed by atoms with Crippen molar-refractivity contribution in [1.29, 1.82) is 5.26 Å². The van der Waals surface area contributed by atoms with Crippen molar-refractivity contribution in [2.24, 2.45) is 0 Å². The third-order valence-electron chi connectivity index (χ3n) is 2.44. The van der Waals surface area contributed by atoms with Crippen LogP contribution in [0.3, 0.4) is 0 Å². The lowest BCUT2D eigenvalue weighted by Crippen LogP contribution is -2.10. The second kappa shape index (κ2) is 6.56. The van der Waals surface area contributed by atoms with Gasteiger partial charge in [0, 0.05) is 17.2 Å². The van der Waals surface area contributed by atoms with E-state index in [1.54, 1.807) is 6.92 Å². The molecule has 0 radical (unpaired) electrons. The molecule has 20 heavy (non-hydrogen) atoms. The maximum atomic E-state index is 12.8. The van der Waals surface area contributed by atoms with Crippen LogP contribution < -0.4 is 0 Å². The molecule has 1 rings (SSSR count). The number of esters is 1. The summed E-state index contributed by atoms with van der Waals surface area (Å²) >= 11 is 0. The van der Waals surface area contributed by atoms with Gasteiger partial charge in [-0.05, 0) is 13.0 Å². The van der Waals surface area contributed by atoms with Gasteiger partial charge in [0.15, 0.2) is 0 Å². The molecular formula is C12H10F2N2O4. The smallest absolute Gasteiger partial charge is 0.310 e. The number of carbonyl (C=O) groups is 1. The predicted octanol–water partition coefficient (Wildman–Crippen LogP) is 2.51. The number of alkyl halides is 2. The molecule has 1 aromatic carbocycles. The van der Waals surface area contributed by atoms with Crippen LogP contribution in [0.15, 0.2) is 12.1 Å². The summed E-state index contributed by atoms with van der Waals surface area (Å²) in [6.07, 6.45) is -3.47. The van der Waals surface area contributed by atoms with Gasteiger partial charge in [0.05, 0.1) is 29.6 Å². The van der Waals surface area contributed by atoms with E-state index in [1.165, 1.54) is 6.07 Å². The summed E-state index contributed by atoms with van der Waals surface area (Å²) < 4.78 is 30.2. The van der Waals surface area contributed by atoms with E-state index >= 15 is 0 Å². The summed E-state index contributed by atoms with van der Waals surface area (Å²) in [6, 6.07) is 3.03. The van der Waals surface area contributed by atoms with Gasteiger partial charge in [-0.2, -0.15) is 5.26 Å². The molecule has 0 saturated carbocycles. The Morgan fingerprint density at radius 1 is 1.55 bits per heavy atom. The number of nitro benzene ring substituents is 1. The Morgan fingerprint density at radius 3 is 2.65 bits per heavy atom. The fourth-order valence-corrected chi connectivity index (χ4v) is 1.61. The number of benzene rings is 1. The number of nitrogens with zero attached hydrogens (tertiary/aromatic N) is 2. The van der Waals surface area contributed by atoms with Crippen molar-refractivity contribution in [2.75, 3.05) is 6.61 Å². The molecule has 8 heteroatoms. The van der Waals surface area contributed by atoms with Crippen molar-refractivity contribution in [3.8, 4) is 6.07 Å². The van der Waals surface area contributed by atoms with E-state index in [4.69, 9.17) is 5.26 Å². The van der Waals surface area contributed by atoms with Gasteiger partial charge in [-0.3, -0.25) is 14.9 Å². The topological polar surface area (TPSA) is 93.2 Å². The third kappa shape index (κ3) is 3.47. The summed E-state index contributed by atoms with van der Waals surface area (Å²) in [4.78, 5) is 21.4. The van der Waals surface area contributed by atoms with Crippen LogP contribution in [0.5, 0.6) is 0 Å². The molecule has 0 unspecified atom stereocenters. The Hall–Kier alpha value is -2.56. The van der Waals surface area contributed by atoms with E-state index in [1.807, 2.05) is 0 Å². The lowest BCUT2D eigenvalue weighted by Gasteiger charge is -2.08. The first-order chi connectivity index (χ1) is 9.40. The Labute approximate surface area is 112 Å². The van der Waals surface area contributed by atoms with Crippen molar-refractivity contribution in [3.05, 3.63) is 38.9 Å². The van der Waals surface area contributed by atoms with Gasteiger partial charge in [-0.1, -0.05) is 0 Å². The van der Waals surface area contributed by atoms with Crippen LogP contribution in [0.1, 0.15) is 30.0 Å². The fraction of sp³-hybridized carbons (Fsp3) is 0.333. The van der Waals surface area contributed by atoms with Crippen LogP contribution in [0.4, 0.5) is 14.5 Å². The molecule has 0 bridgehead atoms. The zero-order chi connectivity index (χ0) is 15.3. The highest BCUT2D eigenvalue weighted by molar-refractivity contribution is 5.74. The maximum absolute atomic E-state index is 12.8. The van der Waals surface area contributed by atoms with E-state index < -0.39 is 40.6 Å². The summed E-state index contributed by atoms with van der Waals surface area (Å²) in [5.74, 6) is -0.763. The van der Waals surface area contributed by atoms with E-state index in [2.05, 4.69) is 4.74 Å². The molecule has 0 atom stereocenters. The molecule has 0 amide bonds. The van der Waals surface area contributed by atoms with Crippen LogP contribution in [0.2, 0.25) is 0 Å². The van der Waals surface area contributed by atoms with Crippen molar-refractivity contribution in [3.63, 3.8) is 0 Å². The van der Waals surface area contributed by atoms with Crippen LogP contribution in [-0.2, 0) is 16.0 Å². The zero-order valence-corrected chi connectivity index (χ0v) is 10.4. The van der Waals surface area contributed by atoms with E-state index in [9.17, 15) is 23.7 Å². The average molecular weight is 284 g/mol. The zero-order valence-electron chi connectivity index (χ0n) is 10.4. The van der Waals surface area contributed by atoms with Gasteiger partial charge >= 0.3 is 5.97 Å². The second-order valence-electron chi connectivity index (χ2n) is 3.72. The molecule has 6 nitrogen and oxygen atoms in total. The van der Waals surface area contributed by atoms with Crippen molar-refractivity contribution in [1.82, 2.24) is 0 Å². The molecule has 106 valence electrons. The summed E-state index contributed by atoms with van der Waals surface area (Å²) in [6.45, 7) is 1.63. The lowest BCUT2D eigenvalue weighted by atomic mass is 10.0. The Balaban J connectivity index is 3.33.